The van der Waals surface area contributed by atoms with Crippen molar-refractivity contribution in [1.82, 2.24) is 0 Å². The van der Waals surface area contributed by atoms with Gasteiger partial charge in [-0.2, -0.15) is 0 Å². The van der Waals surface area contributed by atoms with Crippen LogP contribution in [0.5, 0.6) is 5.75 Å². The standard InChI is InChI=1S/C25H20BrClFNO3/c26-18-5-1-16(2-6-18)15-32-21-11-3-17(4-12-21)24-22(13-14-23(27)30)25(31)29(24)20-9-7-19(28)8-10-20/h1-12,22,24H,13-15H2. The molecule has 3 aromatic rings. The predicted molar refractivity (Wildman–Crippen MR) is 125 cm³/mol. The molecule has 2 atom stereocenters. The van der Waals surface area contributed by atoms with Gasteiger partial charge in [0.25, 0.3) is 0 Å². The fraction of sp³-hybridized carbons (Fsp3) is 0.200. The minimum atomic E-state index is -0.464. The number of hydrogen-bond donors (Lipinski definition) is 0. The minimum Gasteiger partial charge on any atom is -0.489 e. The Morgan fingerprint density at radius 3 is 2.28 bits per heavy atom. The van der Waals surface area contributed by atoms with Crippen LogP contribution in [0.2, 0.25) is 0 Å². The first-order valence-corrected chi connectivity index (χ1v) is 11.3. The molecule has 1 aliphatic rings. The minimum absolute atomic E-state index is 0.102. The second-order valence-corrected chi connectivity index (χ2v) is 8.95. The van der Waals surface area contributed by atoms with Gasteiger partial charge in [-0.15, -0.1) is 0 Å². The van der Waals surface area contributed by atoms with Gasteiger partial charge in [-0.3, -0.25) is 9.59 Å². The van der Waals surface area contributed by atoms with Crippen molar-refractivity contribution in [3.63, 3.8) is 0 Å². The first-order valence-electron chi connectivity index (χ1n) is 10.2. The van der Waals surface area contributed by atoms with Crippen molar-refractivity contribution in [1.29, 1.82) is 0 Å². The molecule has 3 aromatic carbocycles. The zero-order valence-electron chi connectivity index (χ0n) is 17.0. The molecule has 164 valence electrons. The number of anilines is 1. The molecule has 0 aliphatic carbocycles. The van der Waals surface area contributed by atoms with Crippen LogP contribution in [0.4, 0.5) is 10.1 Å². The molecule has 1 fully saturated rings. The lowest BCUT2D eigenvalue weighted by atomic mass is 9.79. The Bertz CT molecular complexity index is 1100. The van der Waals surface area contributed by atoms with E-state index in [1.54, 1.807) is 17.0 Å². The number of rotatable bonds is 8. The summed E-state index contributed by atoms with van der Waals surface area (Å²) in [6.07, 6.45) is 0.492. The van der Waals surface area contributed by atoms with Gasteiger partial charge in [-0.05, 0) is 77.7 Å². The molecule has 0 radical (unpaired) electrons. The van der Waals surface area contributed by atoms with E-state index in [4.69, 9.17) is 16.3 Å². The Kier molecular flexibility index (Phi) is 6.92. The average Bonchev–Trinajstić information content (AvgIpc) is 2.78. The van der Waals surface area contributed by atoms with E-state index in [-0.39, 0.29) is 30.1 Å². The molecule has 0 aromatic heterocycles. The normalized spacial score (nSPS) is 17.7. The van der Waals surface area contributed by atoms with Crippen molar-refractivity contribution in [2.75, 3.05) is 4.90 Å². The maximum absolute atomic E-state index is 13.4. The summed E-state index contributed by atoms with van der Waals surface area (Å²) >= 11 is 8.92. The summed E-state index contributed by atoms with van der Waals surface area (Å²) in [5, 5.41) is -0.464. The molecule has 1 amide bonds. The Balaban J connectivity index is 1.51. The van der Waals surface area contributed by atoms with Gasteiger partial charge in [0, 0.05) is 16.6 Å². The van der Waals surface area contributed by atoms with Gasteiger partial charge in [0.1, 0.15) is 18.2 Å². The van der Waals surface area contributed by atoms with E-state index in [0.717, 1.165) is 15.6 Å². The Labute approximate surface area is 199 Å². The van der Waals surface area contributed by atoms with Gasteiger partial charge in [-0.1, -0.05) is 40.2 Å². The molecule has 7 heteroatoms. The van der Waals surface area contributed by atoms with Gasteiger partial charge in [0.05, 0.1) is 12.0 Å². The summed E-state index contributed by atoms with van der Waals surface area (Å²) in [7, 11) is 0. The van der Waals surface area contributed by atoms with Gasteiger partial charge in [-0.25, -0.2) is 4.39 Å². The highest BCUT2D eigenvalue weighted by Crippen LogP contribution is 2.45. The van der Waals surface area contributed by atoms with Crippen molar-refractivity contribution in [3.8, 4) is 5.75 Å². The lowest BCUT2D eigenvalue weighted by Gasteiger charge is -2.47. The quantitative estimate of drug-likeness (QED) is 0.256. The van der Waals surface area contributed by atoms with E-state index in [1.807, 2.05) is 48.5 Å². The lowest BCUT2D eigenvalue weighted by Crippen LogP contribution is -2.55. The number of carbonyl (C=O) groups excluding carboxylic acids is 2. The van der Waals surface area contributed by atoms with Crippen LogP contribution in [0.15, 0.2) is 77.3 Å². The van der Waals surface area contributed by atoms with E-state index < -0.39 is 5.24 Å². The number of amides is 1. The van der Waals surface area contributed by atoms with Gasteiger partial charge in [0.15, 0.2) is 0 Å². The van der Waals surface area contributed by atoms with E-state index >= 15 is 0 Å². The average molecular weight is 517 g/mol. The van der Waals surface area contributed by atoms with Crippen LogP contribution in [-0.2, 0) is 16.2 Å². The number of benzene rings is 3. The molecule has 0 saturated carbocycles. The molecule has 2 unspecified atom stereocenters. The number of carbonyl (C=O) groups is 2. The second kappa shape index (κ2) is 9.84. The van der Waals surface area contributed by atoms with Gasteiger partial charge < -0.3 is 9.64 Å². The number of ether oxygens (including phenoxy) is 1. The summed E-state index contributed by atoms with van der Waals surface area (Å²) < 4.78 is 20.2. The van der Waals surface area contributed by atoms with Crippen molar-refractivity contribution in [2.45, 2.75) is 25.5 Å². The van der Waals surface area contributed by atoms with E-state index in [1.165, 1.54) is 12.1 Å². The van der Waals surface area contributed by atoms with Crippen LogP contribution in [0.25, 0.3) is 0 Å². The second-order valence-electron chi connectivity index (χ2n) is 7.61. The highest BCUT2D eigenvalue weighted by Gasteiger charge is 2.48. The van der Waals surface area contributed by atoms with Gasteiger partial charge >= 0.3 is 0 Å². The monoisotopic (exact) mass is 515 g/mol. The molecular formula is C25H20BrClFNO3. The summed E-state index contributed by atoms with van der Waals surface area (Å²) in [5.74, 6) is -0.120. The first-order chi connectivity index (χ1) is 15.4. The number of β-lactam (4-membered cyclic amide) rings is 1. The molecule has 1 saturated heterocycles. The zero-order valence-corrected chi connectivity index (χ0v) is 19.4. The summed E-state index contributed by atoms with van der Waals surface area (Å²) in [6, 6.07) is 21.0. The van der Waals surface area contributed by atoms with Crippen molar-refractivity contribution < 1.29 is 18.7 Å². The van der Waals surface area contributed by atoms with Crippen LogP contribution in [-0.4, -0.2) is 11.1 Å². The number of halogens is 3. The van der Waals surface area contributed by atoms with E-state index in [9.17, 15) is 14.0 Å². The molecular weight excluding hydrogens is 497 g/mol. The summed E-state index contributed by atoms with van der Waals surface area (Å²) in [6.45, 7) is 0.441. The number of nitrogens with zero attached hydrogens (tertiary/aromatic N) is 1. The fourth-order valence-corrected chi connectivity index (χ4v) is 4.25. The Hall–Kier alpha value is -2.70. The first kappa shape index (κ1) is 22.5. The molecule has 4 rings (SSSR count). The summed E-state index contributed by atoms with van der Waals surface area (Å²) in [5.41, 5.74) is 2.58. The predicted octanol–water partition coefficient (Wildman–Crippen LogP) is 6.42. The third-order valence-electron chi connectivity index (χ3n) is 5.51. The Morgan fingerprint density at radius 1 is 1.00 bits per heavy atom. The number of hydrogen-bond acceptors (Lipinski definition) is 3. The zero-order chi connectivity index (χ0) is 22.7. The lowest BCUT2D eigenvalue weighted by molar-refractivity contribution is -0.131. The van der Waals surface area contributed by atoms with Crippen molar-refractivity contribution in [3.05, 3.63) is 94.2 Å². The van der Waals surface area contributed by atoms with Crippen LogP contribution >= 0.6 is 27.5 Å². The SMILES string of the molecule is O=C(Cl)CCC1C(=O)N(c2ccc(F)cc2)C1c1ccc(OCc2ccc(Br)cc2)cc1. The maximum atomic E-state index is 13.4. The molecule has 0 bridgehead atoms. The smallest absolute Gasteiger partial charge is 0.233 e. The van der Waals surface area contributed by atoms with Crippen LogP contribution in [0.3, 0.4) is 0 Å². The van der Waals surface area contributed by atoms with E-state index in [0.29, 0.717) is 24.5 Å². The van der Waals surface area contributed by atoms with Crippen molar-refractivity contribution >= 4 is 44.4 Å². The van der Waals surface area contributed by atoms with Crippen LogP contribution in [0, 0.1) is 11.7 Å². The van der Waals surface area contributed by atoms with E-state index in [2.05, 4.69) is 15.9 Å². The molecule has 1 heterocycles. The third kappa shape index (κ3) is 5.03. The van der Waals surface area contributed by atoms with Gasteiger partial charge in [0.2, 0.25) is 11.1 Å². The highest BCUT2D eigenvalue weighted by molar-refractivity contribution is 9.10. The Morgan fingerprint density at radius 2 is 1.66 bits per heavy atom. The maximum Gasteiger partial charge on any atom is 0.233 e. The molecule has 32 heavy (non-hydrogen) atoms. The molecule has 4 nitrogen and oxygen atoms in total. The molecule has 1 aliphatic heterocycles. The summed E-state index contributed by atoms with van der Waals surface area (Å²) in [4.78, 5) is 25.7. The molecule has 0 spiro atoms. The fourth-order valence-electron chi connectivity index (χ4n) is 3.88. The van der Waals surface area contributed by atoms with Crippen LogP contribution < -0.4 is 9.64 Å². The highest BCUT2D eigenvalue weighted by atomic mass is 79.9. The van der Waals surface area contributed by atoms with Crippen LogP contribution in [0.1, 0.15) is 30.0 Å². The van der Waals surface area contributed by atoms with Crippen molar-refractivity contribution in [2.24, 2.45) is 5.92 Å². The largest absolute Gasteiger partial charge is 0.489 e. The topological polar surface area (TPSA) is 46.6 Å². The third-order valence-corrected chi connectivity index (χ3v) is 6.23. The molecule has 0 N–H and O–H groups in total.